The van der Waals surface area contributed by atoms with Crippen LogP contribution in [-0.4, -0.2) is 57.1 Å². The molecule has 6 nitrogen and oxygen atoms in total. The Hall–Kier alpha value is -1.59. The third kappa shape index (κ3) is 2.68. The Kier molecular flexibility index (Phi) is 1.57. The first kappa shape index (κ1) is 5.48. The summed E-state index contributed by atoms with van der Waals surface area (Å²) in [7, 11) is 5.93. The van der Waals surface area contributed by atoms with Crippen molar-refractivity contribution >= 4 is 17.8 Å². The minimum Gasteiger partial charge on any atom is -0.347 e. The highest BCUT2D eigenvalue weighted by molar-refractivity contribution is 5.44. The van der Waals surface area contributed by atoms with Crippen LogP contribution >= 0.6 is 0 Å². The quantitative estimate of drug-likeness (QED) is 0.712. The average Bonchev–Trinajstić information content (AvgIpc) is 2.34. The van der Waals surface area contributed by atoms with E-state index in [0.717, 1.165) is 9.80 Å². The van der Waals surface area contributed by atoms with Gasteiger partial charge in [-0.2, -0.15) is 15.0 Å². The van der Waals surface area contributed by atoms with Crippen LogP contribution in [0.4, 0.5) is 17.8 Å². The van der Waals surface area contributed by atoms with Crippen molar-refractivity contribution in [2.75, 3.05) is 56.8 Å². The van der Waals surface area contributed by atoms with Gasteiger partial charge < -0.3 is 14.7 Å². The molecule has 0 unspecified atom stereocenters. The normalized spacial score (nSPS) is 17.6. The molecule has 1 aromatic heterocycles. The Bertz CT molecular complexity index is 460. The van der Waals surface area contributed by atoms with Gasteiger partial charge in [-0.25, -0.2) is 0 Å². The van der Waals surface area contributed by atoms with Gasteiger partial charge in [0, 0.05) is 50.4 Å². The van der Waals surface area contributed by atoms with E-state index < -0.39 is 14.0 Å². The smallest absolute Gasteiger partial charge is 0.231 e. The Morgan fingerprint density at radius 3 is 1.33 bits per heavy atom. The Morgan fingerprint density at radius 1 is 0.733 bits per heavy atom. The van der Waals surface area contributed by atoms with Crippen LogP contribution < -0.4 is 14.7 Å². The van der Waals surface area contributed by atoms with Crippen LogP contribution in [0.1, 0.15) is 8.22 Å². The molecule has 0 aromatic carbocycles. The van der Waals surface area contributed by atoms with Crippen LogP contribution in [0.5, 0.6) is 0 Å². The molecule has 1 heterocycles. The SMILES string of the molecule is [2H]C([2H])([2H])N(C)c1nc(N(C)C)nc(N(C)C([2H])([2H])[2H])n1. The van der Waals surface area contributed by atoms with Crippen molar-refractivity contribution in [3.05, 3.63) is 0 Å². The molecule has 0 N–H and O–H groups in total. The molecular weight excluding hydrogens is 192 g/mol. The Balaban J connectivity index is 3.37. The van der Waals surface area contributed by atoms with Crippen molar-refractivity contribution in [3.63, 3.8) is 0 Å². The number of anilines is 3. The molecule has 0 radical (unpaired) electrons. The van der Waals surface area contributed by atoms with Gasteiger partial charge in [0.25, 0.3) is 0 Å². The van der Waals surface area contributed by atoms with E-state index in [2.05, 4.69) is 15.0 Å². The van der Waals surface area contributed by atoms with Crippen molar-refractivity contribution in [1.82, 2.24) is 15.0 Å². The maximum Gasteiger partial charge on any atom is 0.231 e. The molecule has 0 saturated carbocycles. The van der Waals surface area contributed by atoms with Gasteiger partial charge in [-0.3, -0.25) is 0 Å². The van der Waals surface area contributed by atoms with E-state index >= 15 is 0 Å². The van der Waals surface area contributed by atoms with E-state index in [0.29, 0.717) is 0 Å². The summed E-state index contributed by atoms with van der Waals surface area (Å²) in [5, 5.41) is 0. The summed E-state index contributed by atoms with van der Waals surface area (Å²) in [4.78, 5) is 15.3. The second-order valence-electron chi connectivity index (χ2n) is 3.25. The fraction of sp³-hybridized carbons (Fsp3) is 0.667. The van der Waals surface area contributed by atoms with Crippen molar-refractivity contribution < 1.29 is 8.22 Å². The molecule has 15 heavy (non-hydrogen) atoms. The first-order valence-corrected chi connectivity index (χ1v) is 4.25. The van der Waals surface area contributed by atoms with E-state index in [1.54, 1.807) is 14.1 Å². The van der Waals surface area contributed by atoms with Gasteiger partial charge >= 0.3 is 0 Å². The summed E-state index contributed by atoms with van der Waals surface area (Å²) < 4.78 is 44.2. The van der Waals surface area contributed by atoms with E-state index in [-0.39, 0.29) is 17.8 Å². The highest BCUT2D eigenvalue weighted by Crippen LogP contribution is 2.14. The number of nitrogens with zero attached hydrogens (tertiary/aromatic N) is 6. The molecule has 0 spiro atoms. The number of rotatable bonds is 3. The average molecular weight is 216 g/mol. The maximum atomic E-state index is 7.37. The molecule has 0 aliphatic heterocycles. The second kappa shape index (κ2) is 4.29. The highest BCUT2D eigenvalue weighted by Gasteiger charge is 2.10. The van der Waals surface area contributed by atoms with E-state index in [1.807, 2.05) is 0 Å². The van der Waals surface area contributed by atoms with Crippen molar-refractivity contribution in [2.45, 2.75) is 0 Å². The summed E-state index contributed by atoms with van der Waals surface area (Å²) in [6.45, 7) is -4.89. The zero-order chi connectivity index (χ0) is 16.6. The molecule has 0 amide bonds. The van der Waals surface area contributed by atoms with Crippen molar-refractivity contribution in [1.29, 1.82) is 0 Å². The van der Waals surface area contributed by atoms with Gasteiger partial charge in [0.15, 0.2) is 0 Å². The molecular formula is C9H18N6. The van der Waals surface area contributed by atoms with Crippen LogP contribution in [0, 0.1) is 0 Å². The lowest BCUT2D eigenvalue weighted by atomic mass is 10.7. The molecule has 0 bridgehead atoms. The van der Waals surface area contributed by atoms with E-state index in [4.69, 9.17) is 8.22 Å². The van der Waals surface area contributed by atoms with Gasteiger partial charge in [-0.1, -0.05) is 0 Å². The van der Waals surface area contributed by atoms with Gasteiger partial charge in [0.2, 0.25) is 17.8 Å². The minimum absolute atomic E-state index is 0.125. The number of aromatic nitrogens is 3. The lowest BCUT2D eigenvalue weighted by Gasteiger charge is -2.18. The fourth-order valence-electron chi connectivity index (χ4n) is 0.843. The van der Waals surface area contributed by atoms with Crippen LogP contribution in [-0.2, 0) is 0 Å². The molecule has 0 fully saturated rings. The zero-order valence-electron chi connectivity index (χ0n) is 15.2. The predicted molar refractivity (Wildman–Crippen MR) is 62.8 cm³/mol. The van der Waals surface area contributed by atoms with Crippen molar-refractivity contribution in [3.8, 4) is 0 Å². The summed E-state index contributed by atoms with van der Waals surface area (Å²) in [5.74, 6) is -0.0817. The largest absolute Gasteiger partial charge is 0.347 e. The Morgan fingerprint density at radius 2 is 1.07 bits per heavy atom. The summed E-state index contributed by atoms with van der Waals surface area (Å²) in [6, 6.07) is 0. The maximum absolute atomic E-state index is 7.37. The topological polar surface area (TPSA) is 48.4 Å². The van der Waals surface area contributed by atoms with E-state index in [1.165, 1.54) is 19.0 Å². The van der Waals surface area contributed by atoms with Crippen LogP contribution in [0.15, 0.2) is 0 Å². The monoisotopic (exact) mass is 216 g/mol. The molecule has 0 aliphatic rings. The zero-order valence-corrected chi connectivity index (χ0v) is 9.18. The Labute approximate surface area is 99.0 Å². The van der Waals surface area contributed by atoms with Crippen LogP contribution in [0.3, 0.4) is 0 Å². The standard InChI is InChI=1S/C9H18N6/c1-13(2)7-10-8(14(3)4)12-9(11-7)15(5)6/h1-6H3/i1D3,3D3. The molecule has 0 aliphatic carbocycles. The number of hydrogen-bond acceptors (Lipinski definition) is 6. The molecule has 6 heteroatoms. The minimum atomic E-state index is -2.44. The molecule has 84 valence electrons. The first-order chi connectivity index (χ1) is 9.34. The van der Waals surface area contributed by atoms with Crippen LogP contribution in [0.25, 0.3) is 0 Å². The highest BCUT2D eigenvalue weighted by atomic mass is 15.4. The number of hydrogen-bond donors (Lipinski definition) is 0. The third-order valence-corrected chi connectivity index (χ3v) is 1.60. The molecule has 1 rings (SSSR count). The lowest BCUT2D eigenvalue weighted by molar-refractivity contribution is 0.886. The summed E-state index contributed by atoms with van der Waals surface area (Å²) >= 11 is 0. The van der Waals surface area contributed by atoms with E-state index in [9.17, 15) is 0 Å². The van der Waals surface area contributed by atoms with Gasteiger partial charge in [-0.15, -0.1) is 0 Å². The fourth-order valence-corrected chi connectivity index (χ4v) is 0.843. The van der Waals surface area contributed by atoms with Gasteiger partial charge in [0.05, 0.1) is 0 Å². The lowest BCUT2D eigenvalue weighted by Crippen LogP contribution is -2.22. The predicted octanol–water partition coefficient (Wildman–Crippen LogP) is 0.0696. The first-order valence-electron chi connectivity index (χ1n) is 7.25. The van der Waals surface area contributed by atoms with Gasteiger partial charge in [0.1, 0.15) is 0 Å². The molecule has 1 aromatic rings. The van der Waals surface area contributed by atoms with Crippen LogP contribution in [0.2, 0.25) is 0 Å². The van der Waals surface area contributed by atoms with Gasteiger partial charge in [-0.05, 0) is 0 Å². The summed E-state index contributed by atoms with van der Waals surface area (Å²) in [6.07, 6.45) is 0. The third-order valence-electron chi connectivity index (χ3n) is 1.60. The molecule has 0 saturated heterocycles. The van der Waals surface area contributed by atoms with Crippen molar-refractivity contribution in [2.24, 2.45) is 0 Å². The second-order valence-corrected chi connectivity index (χ2v) is 3.25. The molecule has 0 atom stereocenters. The summed E-state index contributed by atoms with van der Waals surface area (Å²) in [5.41, 5.74) is 0.